The molecule has 15 heavy (non-hydrogen) atoms. The second-order valence-electron chi connectivity index (χ2n) is 3.47. The Kier molecular flexibility index (Phi) is 3.02. The van der Waals surface area contributed by atoms with Crippen LogP contribution in [0.25, 0.3) is 0 Å². The molecule has 0 bridgehead atoms. The highest BCUT2D eigenvalue weighted by molar-refractivity contribution is 6.29. The molecule has 1 amide bonds. The Morgan fingerprint density at radius 3 is 2.80 bits per heavy atom. The fraction of sp³-hybridized carbons (Fsp3) is 0.273. The molecule has 78 valence electrons. The Bertz CT molecular complexity index is 395. The number of nitrogens with one attached hydrogen (secondary N) is 1. The van der Waals surface area contributed by atoms with Gasteiger partial charge in [-0.25, -0.2) is 4.98 Å². The van der Waals surface area contributed by atoms with Gasteiger partial charge in [-0.1, -0.05) is 29.8 Å². The van der Waals surface area contributed by atoms with E-state index in [0.29, 0.717) is 11.0 Å². The molecule has 0 spiro atoms. The van der Waals surface area contributed by atoms with Gasteiger partial charge in [-0.3, -0.25) is 4.79 Å². The number of anilines is 1. The van der Waals surface area contributed by atoms with Crippen molar-refractivity contribution in [3.8, 4) is 0 Å². The second kappa shape index (κ2) is 4.45. The van der Waals surface area contributed by atoms with E-state index < -0.39 is 0 Å². The van der Waals surface area contributed by atoms with Gasteiger partial charge in [-0.15, -0.1) is 0 Å². The molecule has 0 radical (unpaired) electrons. The minimum absolute atomic E-state index is 0.00904. The van der Waals surface area contributed by atoms with Crippen molar-refractivity contribution < 1.29 is 4.79 Å². The number of carbonyl (C=O) groups is 1. The predicted octanol–water partition coefficient (Wildman–Crippen LogP) is 2.64. The molecule has 1 heterocycles. The first-order valence-corrected chi connectivity index (χ1v) is 5.22. The molecule has 0 aliphatic heterocycles. The van der Waals surface area contributed by atoms with Crippen LogP contribution in [-0.2, 0) is 4.79 Å². The van der Waals surface area contributed by atoms with Gasteiger partial charge in [0.15, 0.2) is 0 Å². The lowest BCUT2D eigenvalue weighted by Crippen LogP contribution is -2.21. The van der Waals surface area contributed by atoms with Crippen molar-refractivity contribution in [3.05, 3.63) is 35.5 Å². The summed E-state index contributed by atoms with van der Waals surface area (Å²) in [6, 6.07) is 5.17. The number of hydrogen-bond donors (Lipinski definition) is 1. The zero-order valence-corrected chi connectivity index (χ0v) is 8.87. The van der Waals surface area contributed by atoms with Gasteiger partial charge in [-0.05, 0) is 25.0 Å². The van der Waals surface area contributed by atoms with Crippen LogP contribution in [0.4, 0.5) is 5.82 Å². The van der Waals surface area contributed by atoms with Gasteiger partial charge in [0, 0.05) is 5.92 Å². The first-order chi connectivity index (χ1) is 7.25. The van der Waals surface area contributed by atoms with Crippen LogP contribution >= 0.6 is 11.6 Å². The van der Waals surface area contributed by atoms with Crippen LogP contribution in [0.5, 0.6) is 0 Å². The highest BCUT2D eigenvalue weighted by Crippen LogP contribution is 2.19. The Morgan fingerprint density at radius 2 is 2.13 bits per heavy atom. The van der Waals surface area contributed by atoms with E-state index in [1.807, 2.05) is 12.2 Å². The third-order valence-corrected chi connectivity index (χ3v) is 2.56. The average molecular weight is 223 g/mol. The van der Waals surface area contributed by atoms with Gasteiger partial charge in [0.25, 0.3) is 0 Å². The third kappa shape index (κ3) is 2.57. The van der Waals surface area contributed by atoms with E-state index in [9.17, 15) is 4.79 Å². The van der Waals surface area contributed by atoms with Crippen molar-refractivity contribution in [2.24, 2.45) is 5.92 Å². The van der Waals surface area contributed by atoms with Crippen molar-refractivity contribution in [1.29, 1.82) is 0 Å². The van der Waals surface area contributed by atoms with Crippen LogP contribution in [0, 0.1) is 5.92 Å². The van der Waals surface area contributed by atoms with Crippen molar-refractivity contribution in [2.75, 3.05) is 5.32 Å². The van der Waals surface area contributed by atoms with E-state index in [0.717, 1.165) is 12.8 Å². The van der Waals surface area contributed by atoms with E-state index in [1.54, 1.807) is 18.2 Å². The topological polar surface area (TPSA) is 42.0 Å². The van der Waals surface area contributed by atoms with Crippen molar-refractivity contribution >= 4 is 23.3 Å². The Labute approximate surface area is 93.2 Å². The molecule has 0 aromatic carbocycles. The van der Waals surface area contributed by atoms with Crippen LogP contribution in [-0.4, -0.2) is 10.9 Å². The number of aromatic nitrogens is 1. The number of nitrogens with zero attached hydrogens (tertiary/aromatic N) is 1. The van der Waals surface area contributed by atoms with E-state index in [1.165, 1.54) is 0 Å². The second-order valence-corrected chi connectivity index (χ2v) is 3.86. The van der Waals surface area contributed by atoms with Gasteiger partial charge >= 0.3 is 0 Å². The predicted molar refractivity (Wildman–Crippen MR) is 59.7 cm³/mol. The summed E-state index contributed by atoms with van der Waals surface area (Å²) in [4.78, 5) is 15.7. The Hall–Kier alpha value is -1.35. The summed E-state index contributed by atoms with van der Waals surface area (Å²) in [6.45, 7) is 0. The summed E-state index contributed by atoms with van der Waals surface area (Å²) < 4.78 is 0. The number of carbonyl (C=O) groups excluding carboxylic acids is 1. The maximum atomic E-state index is 11.7. The van der Waals surface area contributed by atoms with Crippen LogP contribution < -0.4 is 5.32 Å². The third-order valence-electron chi connectivity index (χ3n) is 2.35. The largest absolute Gasteiger partial charge is 0.310 e. The molecule has 1 aliphatic rings. The molecule has 0 saturated carbocycles. The molecule has 1 aromatic rings. The first kappa shape index (κ1) is 10.2. The zero-order valence-electron chi connectivity index (χ0n) is 8.11. The molecule has 0 unspecified atom stereocenters. The van der Waals surface area contributed by atoms with Crippen LogP contribution in [0.15, 0.2) is 30.4 Å². The first-order valence-electron chi connectivity index (χ1n) is 4.84. The summed E-state index contributed by atoms with van der Waals surface area (Å²) in [5, 5.41) is 3.14. The molecule has 4 heteroatoms. The van der Waals surface area contributed by atoms with Crippen LogP contribution in [0.1, 0.15) is 12.8 Å². The minimum Gasteiger partial charge on any atom is -0.310 e. The molecular weight excluding hydrogens is 212 g/mol. The van der Waals surface area contributed by atoms with Crippen molar-refractivity contribution in [3.63, 3.8) is 0 Å². The van der Waals surface area contributed by atoms with E-state index in [4.69, 9.17) is 11.6 Å². The number of amides is 1. The normalized spacial score (nSPS) is 15.5. The van der Waals surface area contributed by atoms with Gasteiger partial charge in [0.2, 0.25) is 5.91 Å². The van der Waals surface area contributed by atoms with Crippen LogP contribution in [0.2, 0.25) is 5.15 Å². The summed E-state index contributed by atoms with van der Waals surface area (Å²) in [5.41, 5.74) is 0. The minimum atomic E-state index is 0.00904. The summed E-state index contributed by atoms with van der Waals surface area (Å²) in [5.74, 6) is 0.569. The lowest BCUT2D eigenvalue weighted by atomic mass is 10.1. The zero-order chi connectivity index (χ0) is 10.7. The van der Waals surface area contributed by atoms with Gasteiger partial charge in [0.1, 0.15) is 11.0 Å². The molecule has 3 nitrogen and oxygen atoms in total. The number of rotatable bonds is 2. The van der Waals surface area contributed by atoms with Crippen molar-refractivity contribution in [1.82, 2.24) is 4.98 Å². The fourth-order valence-electron chi connectivity index (χ4n) is 1.54. The lowest BCUT2D eigenvalue weighted by molar-refractivity contribution is -0.119. The van der Waals surface area contributed by atoms with E-state index in [-0.39, 0.29) is 11.8 Å². The number of hydrogen-bond acceptors (Lipinski definition) is 2. The van der Waals surface area contributed by atoms with Gasteiger partial charge in [-0.2, -0.15) is 0 Å². The van der Waals surface area contributed by atoms with E-state index in [2.05, 4.69) is 10.3 Å². The van der Waals surface area contributed by atoms with E-state index >= 15 is 0 Å². The molecule has 0 atom stereocenters. The summed E-state index contributed by atoms with van der Waals surface area (Å²) in [7, 11) is 0. The van der Waals surface area contributed by atoms with Crippen molar-refractivity contribution in [2.45, 2.75) is 12.8 Å². The molecule has 1 N–H and O–H groups in total. The summed E-state index contributed by atoms with van der Waals surface area (Å²) >= 11 is 5.71. The standard InChI is InChI=1S/C11H11ClN2O/c12-9-6-3-7-10(13-9)14-11(15)8-4-1-2-5-8/h1-3,6-8H,4-5H2,(H,13,14,15). The summed E-state index contributed by atoms with van der Waals surface area (Å²) in [6.07, 6.45) is 5.67. The van der Waals surface area contributed by atoms with Gasteiger partial charge in [0.05, 0.1) is 0 Å². The van der Waals surface area contributed by atoms with Gasteiger partial charge < -0.3 is 5.32 Å². The molecule has 2 rings (SSSR count). The average Bonchev–Trinajstić information content (AvgIpc) is 2.70. The highest BCUT2D eigenvalue weighted by Gasteiger charge is 2.19. The molecular formula is C11H11ClN2O. The Morgan fingerprint density at radius 1 is 1.40 bits per heavy atom. The maximum Gasteiger partial charge on any atom is 0.229 e. The van der Waals surface area contributed by atoms with Crippen LogP contribution in [0.3, 0.4) is 0 Å². The SMILES string of the molecule is O=C(Nc1cccc(Cl)n1)C1CC=CC1. The monoisotopic (exact) mass is 222 g/mol. The molecule has 1 aliphatic carbocycles. The Balaban J connectivity index is 1.99. The molecule has 0 fully saturated rings. The highest BCUT2D eigenvalue weighted by atomic mass is 35.5. The lowest BCUT2D eigenvalue weighted by Gasteiger charge is -2.09. The fourth-order valence-corrected chi connectivity index (χ4v) is 1.70. The quantitative estimate of drug-likeness (QED) is 0.618. The maximum absolute atomic E-state index is 11.7. The smallest absolute Gasteiger partial charge is 0.229 e. The number of allylic oxidation sites excluding steroid dienone is 2. The number of pyridine rings is 1. The molecule has 1 aromatic heterocycles. The molecule has 0 saturated heterocycles. The number of halogens is 1.